The summed E-state index contributed by atoms with van der Waals surface area (Å²) in [5, 5.41) is 0. The fraction of sp³-hybridized carbons (Fsp3) is 1.00. The second-order valence-electron chi connectivity index (χ2n) is 4.21. The quantitative estimate of drug-likeness (QED) is 0.732. The summed E-state index contributed by atoms with van der Waals surface area (Å²) in [6, 6.07) is 0. The van der Waals surface area contributed by atoms with Gasteiger partial charge in [-0.1, -0.05) is 27.7 Å². The Morgan fingerprint density at radius 3 is 1.00 bits per heavy atom. The summed E-state index contributed by atoms with van der Waals surface area (Å²) >= 11 is 0. The van der Waals surface area contributed by atoms with Crippen LogP contribution in [0.15, 0.2) is 0 Å². The van der Waals surface area contributed by atoms with Crippen LogP contribution in [-0.2, 0) is 9.13 Å². The van der Waals surface area contributed by atoms with E-state index >= 15 is 0 Å². The molecule has 0 saturated heterocycles. The van der Waals surface area contributed by atoms with Crippen LogP contribution < -0.4 is 0 Å². The lowest BCUT2D eigenvalue weighted by molar-refractivity contribution is 0.363. The van der Waals surface area contributed by atoms with E-state index in [9.17, 15) is 9.13 Å². The molecule has 88 valence electrons. The summed E-state index contributed by atoms with van der Waals surface area (Å²) in [5.41, 5.74) is -0.181. The zero-order valence-corrected chi connectivity index (χ0v) is 11.5. The molecular weight excluding hydrogens is 222 g/mol. The molecule has 0 atom stereocenters. The molecule has 0 aromatic carbocycles. The molecule has 0 unspecified atom stereocenters. The topological polar surface area (TPSA) is 74.6 Å². The van der Waals surface area contributed by atoms with Crippen molar-refractivity contribution in [3.63, 3.8) is 0 Å². The highest BCUT2D eigenvalue weighted by Gasteiger charge is 2.17. The average molecular weight is 244 g/mol. The largest absolute Gasteiger partial charge is 0.328 e. The van der Waals surface area contributed by atoms with Gasteiger partial charge in [0.25, 0.3) is 0 Å². The normalized spacial score (nSPS) is 12.7. The monoisotopic (exact) mass is 244 g/mol. The van der Waals surface area contributed by atoms with Crippen LogP contribution in [0.2, 0.25) is 0 Å². The molecule has 0 bridgehead atoms. The van der Waals surface area contributed by atoms with Crippen LogP contribution in [-0.4, -0.2) is 34.4 Å². The highest BCUT2D eigenvalue weighted by atomic mass is 31.2. The first-order valence-electron chi connectivity index (χ1n) is 4.49. The van der Waals surface area contributed by atoms with E-state index in [0.717, 1.165) is 0 Å². The minimum Gasteiger partial charge on any atom is -0.324 e. The first kappa shape index (κ1) is 16.8. The van der Waals surface area contributed by atoms with Crippen LogP contribution in [0.1, 0.15) is 27.7 Å². The van der Waals surface area contributed by atoms with Crippen LogP contribution in [0.4, 0.5) is 0 Å². The maximum absolute atomic E-state index is 10.9. The molecule has 4 nitrogen and oxygen atoms in total. The van der Waals surface area contributed by atoms with Gasteiger partial charge in [0.05, 0.1) is 12.8 Å². The minimum absolute atomic E-state index is 0.354. The predicted molar refractivity (Wildman–Crippen MR) is 61.8 cm³/mol. The Balaban J connectivity index is 0. The van der Waals surface area contributed by atoms with Gasteiger partial charge in [0.15, 0.2) is 0 Å². The molecule has 0 saturated carbocycles. The predicted octanol–water partition coefficient (Wildman–Crippen LogP) is 2.59. The van der Waals surface area contributed by atoms with Gasteiger partial charge in [0, 0.05) is 5.66 Å². The first-order chi connectivity index (χ1) is 5.89. The Hall–Kier alpha value is 0.380. The van der Waals surface area contributed by atoms with E-state index in [1.54, 1.807) is 0 Å². The van der Waals surface area contributed by atoms with Gasteiger partial charge in [-0.3, -0.25) is 4.57 Å². The molecular formula is C8H22O4P2. The van der Waals surface area contributed by atoms with E-state index in [0.29, 0.717) is 5.66 Å². The van der Waals surface area contributed by atoms with Gasteiger partial charge in [0.2, 0.25) is 0 Å². The summed E-state index contributed by atoms with van der Waals surface area (Å²) in [6.45, 7) is 10.6. The van der Waals surface area contributed by atoms with E-state index in [1.807, 2.05) is 27.2 Å². The van der Waals surface area contributed by atoms with Gasteiger partial charge in [-0.25, -0.2) is 0 Å². The molecule has 2 N–H and O–H groups in total. The lowest BCUT2D eigenvalue weighted by atomic mass is 10.6. The summed E-state index contributed by atoms with van der Waals surface area (Å²) in [6.07, 6.45) is 0. The zero-order valence-electron chi connectivity index (χ0n) is 9.76. The van der Waals surface area contributed by atoms with E-state index in [2.05, 4.69) is 0 Å². The molecule has 0 aliphatic carbocycles. The van der Waals surface area contributed by atoms with Crippen molar-refractivity contribution in [3.8, 4) is 0 Å². The van der Waals surface area contributed by atoms with Crippen molar-refractivity contribution in [2.75, 3.05) is 13.3 Å². The Labute approximate surface area is 86.6 Å². The highest BCUT2D eigenvalue weighted by Crippen LogP contribution is 2.41. The van der Waals surface area contributed by atoms with Crippen molar-refractivity contribution < 1.29 is 18.9 Å². The van der Waals surface area contributed by atoms with Gasteiger partial charge < -0.3 is 14.4 Å². The van der Waals surface area contributed by atoms with Crippen molar-refractivity contribution in [1.82, 2.24) is 0 Å². The average Bonchev–Trinajstić information content (AvgIpc) is 1.83. The van der Waals surface area contributed by atoms with Crippen LogP contribution in [0.25, 0.3) is 0 Å². The molecule has 0 aliphatic rings. The summed E-state index contributed by atoms with van der Waals surface area (Å²) in [4.78, 5) is 16.4. The summed E-state index contributed by atoms with van der Waals surface area (Å²) < 4.78 is 20.9. The molecule has 6 heteroatoms. The highest BCUT2D eigenvalue weighted by molar-refractivity contribution is 7.63. The Morgan fingerprint density at radius 1 is 0.857 bits per heavy atom. The second kappa shape index (κ2) is 6.07. The van der Waals surface area contributed by atoms with E-state index in [-0.39, 0.29) is 0 Å². The first-order valence-corrected chi connectivity index (χ1v) is 8.84. The zero-order chi connectivity index (χ0) is 12.2. The van der Waals surface area contributed by atoms with Gasteiger partial charge >= 0.3 is 7.60 Å². The lowest BCUT2D eigenvalue weighted by Gasteiger charge is -2.08. The smallest absolute Gasteiger partial charge is 0.324 e. The third kappa shape index (κ3) is 10.5. The van der Waals surface area contributed by atoms with Gasteiger partial charge in [-0.15, -0.1) is 0 Å². The molecule has 0 spiro atoms. The summed E-state index contributed by atoms with van der Waals surface area (Å²) in [5.74, 6) is 0. The van der Waals surface area contributed by atoms with Gasteiger partial charge in [-0.05, 0) is 13.3 Å². The Bertz CT molecular complexity index is 210. The third-order valence-electron chi connectivity index (χ3n) is 1.92. The van der Waals surface area contributed by atoms with Crippen LogP contribution >= 0.6 is 14.7 Å². The number of hydrogen-bond donors (Lipinski definition) is 2. The maximum atomic E-state index is 10.9. The molecule has 0 amide bonds. The molecule has 0 fully saturated rings. The lowest BCUT2D eigenvalue weighted by Crippen LogP contribution is -1.93. The van der Waals surface area contributed by atoms with Crippen molar-refractivity contribution in [3.05, 3.63) is 0 Å². The minimum atomic E-state index is -3.74. The van der Waals surface area contributed by atoms with E-state index < -0.39 is 20.4 Å². The van der Waals surface area contributed by atoms with Crippen LogP contribution in [0.3, 0.4) is 0 Å². The van der Waals surface area contributed by atoms with Crippen LogP contribution in [0.5, 0.6) is 0 Å². The number of hydrogen-bond acceptors (Lipinski definition) is 2. The van der Waals surface area contributed by atoms with E-state index in [4.69, 9.17) is 9.79 Å². The molecule has 0 rings (SSSR count). The number of rotatable bonds is 2. The molecule has 0 heterocycles. The molecule has 0 aromatic rings. The molecule has 0 aromatic heterocycles. The van der Waals surface area contributed by atoms with Crippen molar-refractivity contribution >= 4 is 14.7 Å². The second-order valence-corrected chi connectivity index (χ2v) is 10.3. The summed E-state index contributed by atoms with van der Waals surface area (Å²) in [7, 11) is -5.48. The van der Waals surface area contributed by atoms with Gasteiger partial charge in [-0.2, -0.15) is 0 Å². The molecule has 0 aliphatic heterocycles. The molecule has 14 heavy (non-hydrogen) atoms. The van der Waals surface area contributed by atoms with E-state index in [1.165, 1.54) is 13.8 Å². The van der Waals surface area contributed by atoms with Crippen molar-refractivity contribution in [2.24, 2.45) is 0 Å². The maximum Gasteiger partial charge on any atom is 0.328 e. The van der Waals surface area contributed by atoms with Gasteiger partial charge in [0.1, 0.15) is 0 Å². The standard InChI is InChI=1S/C5H13OP.C3H9O3P/c1-5(2)7(3,4)6;1-3(2)7(4,5)6/h5H,1-4H3;3H,1-2H3,(H2,4,5,6). The molecule has 0 radical (unpaired) electrons. The Morgan fingerprint density at radius 2 is 1.00 bits per heavy atom. The Kier molecular flexibility index (Phi) is 7.28. The van der Waals surface area contributed by atoms with Crippen LogP contribution in [0, 0.1) is 0 Å². The fourth-order valence-electron chi connectivity index (χ4n) is 0. The van der Waals surface area contributed by atoms with Crippen molar-refractivity contribution in [1.29, 1.82) is 0 Å². The third-order valence-corrected chi connectivity index (χ3v) is 5.75. The fourth-order valence-corrected chi connectivity index (χ4v) is 0. The SMILES string of the molecule is CC(C)P(=O)(O)O.CC(C)P(C)(C)=O. The van der Waals surface area contributed by atoms with Crippen molar-refractivity contribution in [2.45, 2.75) is 39.0 Å².